The summed E-state index contributed by atoms with van der Waals surface area (Å²) in [5.41, 5.74) is 0. The van der Waals surface area contributed by atoms with Crippen LogP contribution in [-0.2, 0) is 17.1 Å². The number of nitrogens with zero attached hydrogens (tertiary/aromatic N) is 3. The van der Waals surface area contributed by atoms with Crippen LogP contribution in [0.1, 0.15) is 19.3 Å². The summed E-state index contributed by atoms with van der Waals surface area (Å²) in [4.78, 5) is 0. The normalized spacial score (nSPS) is 23.1. The van der Waals surface area contributed by atoms with Gasteiger partial charge in [0.05, 0.1) is 11.2 Å². The van der Waals surface area contributed by atoms with E-state index >= 15 is 0 Å². The minimum absolute atomic E-state index is 0. The van der Waals surface area contributed by atoms with Crippen LogP contribution < -0.4 is 5.32 Å². The summed E-state index contributed by atoms with van der Waals surface area (Å²) >= 11 is 6.00. The third kappa shape index (κ3) is 2.69. The Bertz CT molecular complexity index is 560. The third-order valence-corrected chi connectivity index (χ3v) is 6.18. The van der Waals surface area contributed by atoms with E-state index in [1.54, 1.807) is 11.4 Å². The molecule has 2 fully saturated rings. The molecular weight excluding hydrogens is 323 g/mol. The van der Waals surface area contributed by atoms with Crippen LogP contribution in [0.25, 0.3) is 0 Å². The molecule has 9 heteroatoms. The molecule has 1 saturated carbocycles. The zero-order valence-electron chi connectivity index (χ0n) is 11.1. The van der Waals surface area contributed by atoms with Gasteiger partial charge in [0, 0.05) is 25.7 Å². The fourth-order valence-electron chi connectivity index (χ4n) is 2.67. The highest BCUT2D eigenvalue weighted by Gasteiger charge is 2.45. The highest BCUT2D eigenvalue weighted by molar-refractivity contribution is 7.89. The molecule has 1 unspecified atom stereocenters. The molecule has 20 heavy (non-hydrogen) atoms. The van der Waals surface area contributed by atoms with Crippen molar-refractivity contribution in [3.63, 3.8) is 0 Å². The van der Waals surface area contributed by atoms with Gasteiger partial charge in [0.25, 0.3) is 10.0 Å². The van der Waals surface area contributed by atoms with Crippen molar-refractivity contribution >= 4 is 34.0 Å². The van der Waals surface area contributed by atoms with Gasteiger partial charge in [-0.2, -0.15) is 9.40 Å². The lowest BCUT2D eigenvalue weighted by atomic mass is 10.2. The lowest BCUT2D eigenvalue weighted by Crippen LogP contribution is -2.43. The van der Waals surface area contributed by atoms with E-state index in [1.807, 2.05) is 0 Å². The molecule has 0 radical (unpaired) electrons. The fourth-order valence-corrected chi connectivity index (χ4v) is 5.18. The van der Waals surface area contributed by atoms with Gasteiger partial charge >= 0.3 is 0 Å². The second-order valence-electron chi connectivity index (χ2n) is 5.13. The summed E-state index contributed by atoms with van der Waals surface area (Å²) in [6, 6.07) is 0.157. The first-order valence-electron chi connectivity index (χ1n) is 6.43. The summed E-state index contributed by atoms with van der Waals surface area (Å²) in [5.74, 6) is 0. The van der Waals surface area contributed by atoms with Crippen molar-refractivity contribution in [2.24, 2.45) is 7.05 Å². The maximum Gasteiger partial charge on any atom is 0.262 e. The Hall–Kier alpha value is -0.340. The first kappa shape index (κ1) is 16.0. The smallest absolute Gasteiger partial charge is 0.262 e. The van der Waals surface area contributed by atoms with E-state index in [1.165, 1.54) is 10.9 Å². The van der Waals surface area contributed by atoms with E-state index in [0.717, 1.165) is 25.8 Å². The van der Waals surface area contributed by atoms with Crippen molar-refractivity contribution in [2.45, 2.75) is 36.4 Å². The average Bonchev–Trinajstić information content (AvgIpc) is 2.87. The standard InChI is InChI=1S/C11H17ClN4O2S.ClH/c1-15-11(10(12)7-14-15)19(17,18)16(8-2-3-8)9-4-5-13-6-9;/h7-9,13H,2-6H2,1H3;1H. The Morgan fingerprint density at radius 1 is 1.40 bits per heavy atom. The Morgan fingerprint density at radius 2 is 2.10 bits per heavy atom. The van der Waals surface area contributed by atoms with Crippen molar-refractivity contribution in [3.8, 4) is 0 Å². The van der Waals surface area contributed by atoms with Crippen molar-refractivity contribution < 1.29 is 8.42 Å². The number of aryl methyl sites for hydroxylation is 1. The van der Waals surface area contributed by atoms with Gasteiger partial charge in [-0.25, -0.2) is 8.42 Å². The lowest BCUT2D eigenvalue weighted by molar-refractivity contribution is 0.324. The molecule has 2 aliphatic rings. The van der Waals surface area contributed by atoms with E-state index in [9.17, 15) is 8.42 Å². The molecule has 0 amide bonds. The van der Waals surface area contributed by atoms with Crippen LogP contribution in [0.15, 0.2) is 11.2 Å². The van der Waals surface area contributed by atoms with Crippen LogP contribution in [0, 0.1) is 0 Å². The third-order valence-electron chi connectivity index (χ3n) is 3.67. The lowest BCUT2D eigenvalue weighted by Gasteiger charge is -2.27. The van der Waals surface area contributed by atoms with Crippen molar-refractivity contribution in [2.75, 3.05) is 13.1 Å². The zero-order valence-corrected chi connectivity index (χ0v) is 13.5. The van der Waals surface area contributed by atoms with Crippen molar-refractivity contribution in [1.82, 2.24) is 19.4 Å². The second-order valence-corrected chi connectivity index (χ2v) is 7.30. The summed E-state index contributed by atoms with van der Waals surface area (Å²) < 4.78 is 28.7. The summed E-state index contributed by atoms with van der Waals surface area (Å²) in [7, 11) is -1.97. The molecule has 1 aromatic rings. The zero-order chi connectivity index (χ0) is 13.6. The molecule has 1 aromatic heterocycles. The number of hydrogen-bond acceptors (Lipinski definition) is 4. The summed E-state index contributed by atoms with van der Waals surface area (Å²) in [6.07, 6.45) is 4.11. The van der Waals surface area contributed by atoms with Crippen LogP contribution in [0.5, 0.6) is 0 Å². The molecule has 0 bridgehead atoms. The second kappa shape index (κ2) is 5.81. The van der Waals surface area contributed by atoms with Gasteiger partial charge in [0.2, 0.25) is 0 Å². The first-order chi connectivity index (χ1) is 9.01. The molecule has 114 valence electrons. The van der Waals surface area contributed by atoms with Gasteiger partial charge in [-0.05, 0) is 25.8 Å². The number of hydrogen-bond donors (Lipinski definition) is 1. The molecule has 2 heterocycles. The highest BCUT2D eigenvalue weighted by Crippen LogP contribution is 2.36. The number of sulfonamides is 1. The number of nitrogens with one attached hydrogen (secondary N) is 1. The van der Waals surface area contributed by atoms with Crippen LogP contribution >= 0.6 is 24.0 Å². The van der Waals surface area contributed by atoms with E-state index in [-0.39, 0.29) is 34.5 Å². The topological polar surface area (TPSA) is 67.2 Å². The van der Waals surface area contributed by atoms with Gasteiger partial charge in [0.1, 0.15) is 0 Å². The number of halogens is 2. The van der Waals surface area contributed by atoms with Gasteiger partial charge in [-0.15, -0.1) is 12.4 Å². The molecule has 6 nitrogen and oxygen atoms in total. The Morgan fingerprint density at radius 3 is 2.55 bits per heavy atom. The molecule has 1 aliphatic carbocycles. The quantitative estimate of drug-likeness (QED) is 0.888. The SMILES string of the molecule is Cl.Cn1ncc(Cl)c1S(=O)(=O)N(C1CC1)C1CCNC1. The van der Waals surface area contributed by atoms with Gasteiger partial charge in [-0.3, -0.25) is 4.68 Å². The molecule has 0 spiro atoms. The van der Waals surface area contributed by atoms with Crippen molar-refractivity contribution in [3.05, 3.63) is 11.2 Å². The highest BCUT2D eigenvalue weighted by atomic mass is 35.5. The fraction of sp³-hybridized carbons (Fsp3) is 0.727. The van der Waals surface area contributed by atoms with E-state index in [2.05, 4.69) is 10.4 Å². The summed E-state index contributed by atoms with van der Waals surface area (Å²) in [6.45, 7) is 1.58. The first-order valence-corrected chi connectivity index (χ1v) is 8.25. The molecule has 0 aromatic carbocycles. The molecule has 1 N–H and O–H groups in total. The van der Waals surface area contributed by atoms with Crippen molar-refractivity contribution in [1.29, 1.82) is 0 Å². The minimum atomic E-state index is -3.58. The predicted molar refractivity (Wildman–Crippen MR) is 78.8 cm³/mol. The predicted octanol–water partition coefficient (Wildman–Crippen LogP) is 1.01. The van der Waals surface area contributed by atoms with E-state index < -0.39 is 10.0 Å². The van der Waals surface area contributed by atoms with Crippen LogP contribution in [-0.4, -0.2) is 47.7 Å². The van der Waals surface area contributed by atoms with Crippen LogP contribution in [0.2, 0.25) is 5.02 Å². The van der Waals surface area contributed by atoms with Crippen LogP contribution in [0.3, 0.4) is 0 Å². The maximum absolute atomic E-state index is 12.9. The Kier molecular flexibility index (Phi) is 4.66. The molecule has 1 aliphatic heterocycles. The van der Waals surface area contributed by atoms with E-state index in [4.69, 9.17) is 11.6 Å². The van der Waals surface area contributed by atoms with Gasteiger partial charge in [0.15, 0.2) is 5.03 Å². The largest absolute Gasteiger partial charge is 0.315 e. The number of rotatable bonds is 4. The Labute approximate surface area is 129 Å². The van der Waals surface area contributed by atoms with Gasteiger partial charge in [-0.1, -0.05) is 11.6 Å². The number of aromatic nitrogens is 2. The molecule has 3 rings (SSSR count). The van der Waals surface area contributed by atoms with E-state index in [0.29, 0.717) is 6.54 Å². The molecule has 1 saturated heterocycles. The van der Waals surface area contributed by atoms with Gasteiger partial charge < -0.3 is 5.32 Å². The average molecular weight is 341 g/mol. The minimum Gasteiger partial charge on any atom is -0.315 e. The monoisotopic (exact) mass is 340 g/mol. The van der Waals surface area contributed by atoms with Crippen LogP contribution in [0.4, 0.5) is 0 Å². The summed E-state index contributed by atoms with van der Waals surface area (Å²) in [5, 5.41) is 7.45. The molecular formula is C11H18Cl2N4O2S. The maximum atomic E-state index is 12.9. The Balaban J connectivity index is 0.00000147. The molecule has 1 atom stereocenters.